The van der Waals surface area contributed by atoms with E-state index in [4.69, 9.17) is 0 Å². The van der Waals surface area contributed by atoms with E-state index in [1.165, 1.54) is 9.21 Å². The van der Waals surface area contributed by atoms with Gasteiger partial charge in [0.1, 0.15) is 6.54 Å². The lowest BCUT2D eigenvalue weighted by molar-refractivity contribution is -0.128. The summed E-state index contributed by atoms with van der Waals surface area (Å²) in [5, 5.41) is 1.52. The quantitative estimate of drug-likeness (QED) is 0.758. The number of hydrogen-bond donors (Lipinski definition) is 0. The Labute approximate surface area is 141 Å². The highest BCUT2D eigenvalue weighted by Gasteiger charge is 2.37. The Hall–Kier alpha value is -2.60. The fourth-order valence-electron chi connectivity index (χ4n) is 2.94. The van der Waals surface area contributed by atoms with Gasteiger partial charge in [0.2, 0.25) is 5.91 Å². The van der Waals surface area contributed by atoms with Crippen LogP contribution in [0.5, 0.6) is 0 Å². The topological polar surface area (TPSA) is 57.7 Å². The van der Waals surface area contributed by atoms with Gasteiger partial charge in [0.15, 0.2) is 0 Å². The first-order valence-corrected chi connectivity index (χ1v) is 8.98. The summed E-state index contributed by atoms with van der Waals surface area (Å²) in [6.07, 6.45) is 3.21. The highest BCUT2D eigenvalue weighted by atomic mass is 32.2. The molecule has 0 spiro atoms. The van der Waals surface area contributed by atoms with Crippen LogP contribution in [-0.4, -0.2) is 38.9 Å². The zero-order chi connectivity index (χ0) is 17.3. The summed E-state index contributed by atoms with van der Waals surface area (Å²) < 4.78 is 26.9. The third kappa shape index (κ3) is 2.49. The summed E-state index contributed by atoms with van der Waals surface area (Å²) in [5.41, 5.74) is 0.550. The molecule has 0 fully saturated rings. The van der Waals surface area contributed by atoms with Crippen LogP contribution >= 0.6 is 0 Å². The predicted octanol–water partition coefficient (Wildman–Crippen LogP) is 2.55. The molecule has 24 heavy (non-hydrogen) atoms. The van der Waals surface area contributed by atoms with Gasteiger partial charge in [-0.25, -0.2) is 8.42 Å². The molecule has 1 amide bonds. The molecule has 3 rings (SSSR count). The SMILES string of the molecule is C=CCN(CC=C)C(=O)CN1c2cccc3cccc(c23)S1(=O)=O. The molecule has 2 aromatic rings. The van der Waals surface area contributed by atoms with Gasteiger partial charge in [-0.3, -0.25) is 9.10 Å². The van der Waals surface area contributed by atoms with E-state index < -0.39 is 10.0 Å². The summed E-state index contributed by atoms with van der Waals surface area (Å²) in [7, 11) is -3.72. The highest BCUT2D eigenvalue weighted by Crippen LogP contribution is 2.41. The largest absolute Gasteiger partial charge is 0.334 e. The third-order valence-corrected chi connectivity index (χ3v) is 5.81. The summed E-state index contributed by atoms with van der Waals surface area (Å²) in [5.74, 6) is -0.289. The van der Waals surface area contributed by atoms with Crippen molar-refractivity contribution in [2.45, 2.75) is 4.90 Å². The van der Waals surface area contributed by atoms with Crippen LogP contribution in [0.4, 0.5) is 5.69 Å². The minimum Gasteiger partial charge on any atom is -0.334 e. The van der Waals surface area contributed by atoms with Crippen molar-refractivity contribution in [3.8, 4) is 0 Å². The van der Waals surface area contributed by atoms with Crippen molar-refractivity contribution < 1.29 is 13.2 Å². The maximum absolute atomic E-state index is 12.9. The first kappa shape index (κ1) is 16.3. The minimum atomic E-state index is -3.72. The monoisotopic (exact) mass is 342 g/mol. The van der Waals surface area contributed by atoms with E-state index in [9.17, 15) is 13.2 Å². The average Bonchev–Trinajstić information content (AvgIpc) is 2.78. The first-order valence-electron chi connectivity index (χ1n) is 7.54. The maximum Gasteiger partial charge on any atom is 0.265 e. The van der Waals surface area contributed by atoms with Crippen molar-refractivity contribution in [1.82, 2.24) is 4.90 Å². The van der Waals surface area contributed by atoms with Crippen molar-refractivity contribution in [3.63, 3.8) is 0 Å². The van der Waals surface area contributed by atoms with Crippen LogP contribution in [0.3, 0.4) is 0 Å². The molecular weight excluding hydrogens is 324 g/mol. The van der Waals surface area contributed by atoms with Crippen LogP contribution < -0.4 is 4.31 Å². The van der Waals surface area contributed by atoms with E-state index in [0.717, 1.165) is 5.39 Å². The van der Waals surface area contributed by atoms with E-state index in [-0.39, 0.29) is 17.3 Å². The van der Waals surface area contributed by atoms with E-state index in [2.05, 4.69) is 13.2 Å². The molecule has 0 atom stereocenters. The number of sulfonamides is 1. The van der Waals surface area contributed by atoms with E-state index >= 15 is 0 Å². The minimum absolute atomic E-state index is 0.238. The molecule has 0 bridgehead atoms. The van der Waals surface area contributed by atoms with Crippen molar-refractivity contribution >= 4 is 32.4 Å². The van der Waals surface area contributed by atoms with Gasteiger partial charge in [-0.2, -0.15) is 0 Å². The molecule has 5 nitrogen and oxygen atoms in total. The van der Waals surface area contributed by atoms with Gasteiger partial charge in [0.05, 0.1) is 10.6 Å². The van der Waals surface area contributed by atoms with Gasteiger partial charge in [0.25, 0.3) is 10.0 Å². The summed E-state index contributed by atoms with van der Waals surface area (Å²) in [6, 6.07) is 10.6. The van der Waals surface area contributed by atoms with Crippen molar-refractivity contribution in [2.75, 3.05) is 23.9 Å². The number of hydrogen-bond acceptors (Lipinski definition) is 3. The highest BCUT2D eigenvalue weighted by molar-refractivity contribution is 7.93. The van der Waals surface area contributed by atoms with Gasteiger partial charge in [-0.1, -0.05) is 36.4 Å². The van der Waals surface area contributed by atoms with Gasteiger partial charge in [0, 0.05) is 18.5 Å². The number of rotatable bonds is 6. The third-order valence-electron chi connectivity index (χ3n) is 4.01. The Morgan fingerprint density at radius 2 is 1.71 bits per heavy atom. The molecule has 0 saturated heterocycles. The fourth-order valence-corrected chi connectivity index (χ4v) is 4.60. The van der Waals surface area contributed by atoms with Crippen LogP contribution in [0.1, 0.15) is 0 Å². The smallest absolute Gasteiger partial charge is 0.265 e. The Morgan fingerprint density at radius 1 is 1.08 bits per heavy atom. The average molecular weight is 342 g/mol. The summed E-state index contributed by atoms with van der Waals surface area (Å²) in [4.78, 5) is 14.3. The zero-order valence-electron chi connectivity index (χ0n) is 13.2. The second-order valence-corrected chi connectivity index (χ2v) is 7.35. The molecular formula is C18H18N2O3S. The molecule has 0 N–H and O–H groups in total. The lowest BCUT2D eigenvalue weighted by Gasteiger charge is -2.24. The number of anilines is 1. The predicted molar refractivity (Wildman–Crippen MR) is 95.5 cm³/mol. The number of nitrogens with zero attached hydrogens (tertiary/aromatic N) is 2. The Morgan fingerprint density at radius 3 is 2.33 bits per heavy atom. The molecule has 0 aromatic heterocycles. The fraction of sp³-hybridized carbons (Fsp3) is 0.167. The number of carbonyl (C=O) groups excluding carboxylic acids is 1. The Bertz CT molecular complexity index is 919. The molecule has 1 heterocycles. The first-order chi connectivity index (χ1) is 11.5. The number of carbonyl (C=O) groups is 1. The van der Waals surface area contributed by atoms with Crippen LogP contribution in [0.2, 0.25) is 0 Å². The van der Waals surface area contributed by atoms with Crippen molar-refractivity contribution in [1.29, 1.82) is 0 Å². The molecule has 6 heteroatoms. The van der Waals surface area contributed by atoms with Crippen LogP contribution in [0.15, 0.2) is 66.6 Å². The van der Waals surface area contributed by atoms with Gasteiger partial charge >= 0.3 is 0 Å². The molecule has 0 aliphatic carbocycles. The van der Waals surface area contributed by atoms with Crippen molar-refractivity contribution in [3.05, 3.63) is 61.7 Å². The molecule has 2 aromatic carbocycles. The summed E-state index contributed by atoms with van der Waals surface area (Å²) in [6.45, 7) is 7.71. The van der Waals surface area contributed by atoms with Crippen LogP contribution in [0, 0.1) is 0 Å². The Balaban J connectivity index is 2.01. The molecule has 0 unspecified atom stereocenters. The molecule has 1 aliphatic rings. The Kier molecular flexibility index (Phi) is 4.15. The number of amides is 1. The second kappa shape index (κ2) is 6.13. The molecule has 0 radical (unpaired) electrons. The van der Waals surface area contributed by atoms with Gasteiger partial charge in [-0.05, 0) is 17.5 Å². The van der Waals surface area contributed by atoms with E-state index in [1.54, 1.807) is 36.4 Å². The number of benzene rings is 2. The molecule has 124 valence electrons. The zero-order valence-corrected chi connectivity index (χ0v) is 14.0. The van der Waals surface area contributed by atoms with Crippen molar-refractivity contribution in [2.24, 2.45) is 0 Å². The van der Waals surface area contributed by atoms with Gasteiger partial charge in [-0.15, -0.1) is 13.2 Å². The lowest BCUT2D eigenvalue weighted by Crippen LogP contribution is -2.41. The van der Waals surface area contributed by atoms with Crippen LogP contribution in [0.25, 0.3) is 10.8 Å². The lowest BCUT2D eigenvalue weighted by atomic mass is 10.1. The normalized spacial score (nSPS) is 14.6. The van der Waals surface area contributed by atoms with Crippen LogP contribution in [-0.2, 0) is 14.8 Å². The molecule has 1 aliphatic heterocycles. The maximum atomic E-state index is 12.9. The van der Waals surface area contributed by atoms with E-state index in [1.807, 2.05) is 12.1 Å². The summed E-state index contributed by atoms with van der Waals surface area (Å²) >= 11 is 0. The van der Waals surface area contributed by atoms with Gasteiger partial charge < -0.3 is 4.90 Å². The molecule has 0 saturated carbocycles. The van der Waals surface area contributed by atoms with E-state index in [0.29, 0.717) is 24.2 Å². The standard InChI is InChI=1S/C18H18N2O3S/c1-3-11-19(12-4-2)17(21)13-20-15-9-5-7-14-8-6-10-16(18(14)15)24(20,22)23/h3-10H,1-2,11-13H2. The second-order valence-electron chi connectivity index (χ2n) is 5.52.